The zero-order valence-corrected chi connectivity index (χ0v) is 13.9. The maximum absolute atomic E-state index is 12.4. The van der Waals surface area contributed by atoms with Crippen molar-refractivity contribution in [2.75, 3.05) is 5.32 Å². The van der Waals surface area contributed by atoms with E-state index in [2.05, 4.69) is 5.32 Å². The van der Waals surface area contributed by atoms with Crippen molar-refractivity contribution in [1.29, 1.82) is 5.26 Å². The third-order valence-corrected chi connectivity index (χ3v) is 3.82. The molecule has 0 atom stereocenters. The Morgan fingerprint density at radius 3 is 2.30 bits per heavy atom. The predicted octanol–water partition coefficient (Wildman–Crippen LogP) is 4.47. The monoisotopic (exact) mass is 304 g/mol. The predicted molar refractivity (Wildman–Crippen MR) is 94.1 cm³/mol. The summed E-state index contributed by atoms with van der Waals surface area (Å²) in [6, 6.07) is 13.8. The third kappa shape index (κ3) is 3.87. The number of rotatable bonds is 3. The van der Waals surface area contributed by atoms with Crippen molar-refractivity contribution >= 4 is 17.7 Å². The zero-order chi connectivity index (χ0) is 17.0. The number of para-hydroxylation sites is 1. The summed E-state index contributed by atoms with van der Waals surface area (Å²) < 4.78 is 0. The van der Waals surface area contributed by atoms with Gasteiger partial charge in [0.2, 0.25) is 0 Å². The molecule has 0 aliphatic carbocycles. The number of nitrogens with zero attached hydrogens (tertiary/aromatic N) is 1. The SMILES string of the molecule is Cc1ccc(C)c(/C=C(\C#N)C(=O)Nc2c(C)cccc2C)c1. The van der Waals surface area contributed by atoms with E-state index in [0.29, 0.717) is 0 Å². The Morgan fingerprint density at radius 2 is 1.70 bits per heavy atom. The van der Waals surface area contributed by atoms with Crippen molar-refractivity contribution in [1.82, 2.24) is 0 Å². The van der Waals surface area contributed by atoms with E-state index in [9.17, 15) is 10.1 Å². The molecule has 2 aromatic rings. The molecule has 0 aromatic heterocycles. The van der Waals surface area contributed by atoms with Gasteiger partial charge < -0.3 is 5.32 Å². The highest BCUT2D eigenvalue weighted by Gasteiger charge is 2.12. The summed E-state index contributed by atoms with van der Waals surface area (Å²) in [7, 11) is 0. The maximum Gasteiger partial charge on any atom is 0.266 e. The summed E-state index contributed by atoms with van der Waals surface area (Å²) in [5.74, 6) is -0.384. The van der Waals surface area contributed by atoms with E-state index >= 15 is 0 Å². The summed E-state index contributed by atoms with van der Waals surface area (Å²) >= 11 is 0. The number of carbonyl (C=O) groups is 1. The fourth-order valence-electron chi connectivity index (χ4n) is 2.41. The van der Waals surface area contributed by atoms with Crippen LogP contribution in [0.5, 0.6) is 0 Å². The number of carbonyl (C=O) groups excluding carboxylic acids is 1. The van der Waals surface area contributed by atoms with Crippen LogP contribution in [0.1, 0.15) is 27.8 Å². The lowest BCUT2D eigenvalue weighted by molar-refractivity contribution is -0.112. The molecule has 0 spiro atoms. The van der Waals surface area contributed by atoms with Crippen LogP contribution in [0, 0.1) is 39.0 Å². The Bertz CT molecular complexity index is 806. The molecule has 116 valence electrons. The second kappa shape index (κ2) is 6.93. The molecule has 2 rings (SSSR count). The average molecular weight is 304 g/mol. The van der Waals surface area contributed by atoms with Gasteiger partial charge in [-0.2, -0.15) is 5.26 Å². The second-order valence-corrected chi connectivity index (χ2v) is 5.75. The van der Waals surface area contributed by atoms with E-state index in [1.165, 1.54) is 0 Å². The normalized spacial score (nSPS) is 11.0. The van der Waals surface area contributed by atoms with E-state index < -0.39 is 0 Å². The molecule has 23 heavy (non-hydrogen) atoms. The van der Waals surface area contributed by atoms with E-state index in [4.69, 9.17) is 0 Å². The first kappa shape index (κ1) is 16.5. The first-order valence-electron chi connectivity index (χ1n) is 7.49. The van der Waals surface area contributed by atoms with Crippen LogP contribution < -0.4 is 5.32 Å². The number of nitrogens with one attached hydrogen (secondary N) is 1. The Hall–Kier alpha value is -2.86. The molecular formula is C20H20N2O. The Kier molecular flexibility index (Phi) is 4.98. The summed E-state index contributed by atoms with van der Waals surface area (Å²) in [4.78, 5) is 12.4. The molecule has 0 aliphatic rings. The molecule has 2 aromatic carbocycles. The van der Waals surface area contributed by atoms with Gasteiger partial charge in [-0.3, -0.25) is 4.79 Å². The van der Waals surface area contributed by atoms with Crippen LogP contribution in [-0.4, -0.2) is 5.91 Å². The number of hydrogen-bond donors (Lipinski definition) is 1. The lowest BCUT2D eigenvalue weighted by atomic mass is 10.0. The summed E-state index contributed by atoms with van der Waals surface area (Å²) in [6.07, 6.45) is 1.64. The Labute approximate surface area is 137 Å². The van der Waals surface area contributed by atoms with Crippen molar-refractivity contribution in [2.45, 2.75) is 27.7 Å². The van der Waals surface area contributed by atoms with Gasteiger partial charge >= 0.3 is 0 Å². The first-order chi connectivity index (χ1) is 10.9. The highest BCUT2D eigenvalue weighted by molar-refractivity contribution is 6.10. The maximum atomic E-state index is 12.4. The van der Waals surface area contributed by atoms with Crippen LogP contribution in [0.25, 0.3) is 6.08 Å². The van der Waals surface area contributed by atoms with E-state index in [1.54, 1.807) is 6.08 Å². The topological polar surface area (TPSA) is 52.9 Å². The minimum atomic E-state index is -0.384. The number of hydrogen-bond acceptors (Lipinski definition) is 2. The van der Waals surface area contributed by atoms with Gasteiger partial charge in [-0.25, -0.2) is 0 Å². The number of benzene rings is 2. The van der Waals surface area contributed by atoms with Gasteiger partial charge in [0.05, 0.1) is 0 Å². The summed E-state index contributed by atoms with van der Waals surface area (Å²) in [6.45, 7) is 7.81. The van der Waals surface area contributed by atoms with Crippen LogP contribution in [0.4, 0.5) is 5.69 Å². The summed E-state index contributed by atoms with van der Waals surface area (Å²) in [5, 5.41) is 12.2. The summed E-state index contributed by atoms with van der Waals surface area (Å²) in [5.41, 5.74) is 5.82. The van der Waals surface area contributed by atoms with Gasteiger partial charge in [-0.15, -0.1) is 0 Å². The molecule has 0 saturated carbocycles. The lowest BCUT2D eigenvalue weighted by Crippen LogP contribution is -2.15. The number of anilines is 1. The molecule has 1 amide bonds. The van der Waals surface area contributed by atoms with Crippen molar-refractivity contribution in [3.8, 4) is 6.07 Å². The molecule has 0 fully saturated rings. The Balaban J connectivity index is 2.34. The van der Waals surface area contributed by atoms with Crippen LogP contribution in [0.3, 0.4) is 0 Å². The van der Waals surface area contributed by atoms with Gasteiger partial charge in [0.1, 0.15) is 11.6 Å². The smallest absolute Gasteiger partial charge is 0.266 e. The molecule has 3 nitrogen and oxygen atoms in total. The second-order valence-electron chi connectivity index (χ2n) is 5.75. The van der Waals surface area contributed by atoms with E-state index in [0.717, 1.165) is 33.5 Å². The molecule has 1 N–H and O–H groups in total. The fourth-order valence-corrected chi connectivity index (χ4v) is 2.41. The van der Waals surface area contributed by atoms with Crippen molar-refractivity contribution in [3.63, 3.8) is 0 Å². The number of nitriles is 1. The van der Waals surface area contributed by atoms with Crippen LogP contribution in [0.15, 0.2) is 42.0 Å². The van der Waals surface area contributed by atoms with E-state index in [1.807, 2.05) is 70.2 Å². The van der Waals surface area contributed by atoms with Gasteiger partial charge in [-0.1, -0.05) is 42.0 Å². The van der Waals surface area contributed by atoms with E-state index in [-0.39, 0.29) is 11.5 Å². The third-order valence-electron chi connectivity index (χ3n) is 3.82. The average Bonchev–Trinajstić information content (AvgIpc) is 2.51. The van der Waals surface area contributed by atoms with Gasteiger partial charge in [0.15, 0.2) is 0 Å². The van der Waals surface area contributed by atoms with Crippen molar-refractivity contribution < 1.29 is 4.79 Å². The highest BCUT2D eigenvalue weighted by atomic mass is 16.1. The van der Waals surface area contributed by atoms with Crippen LogP contribution >= 0.6 is 0 Å². The number of aryl methyl sites for hydroxylation is 4. The minimum Gasteiger partial charge on any atom is -0.321 e. The highest BCUT2D eigenvalue weighted by Crippen LogP contribution is 2.21. The Morgan fingerprint density at radius 1 is 1.04 bits per heavy atom. The van der Waals surface area contributed by atoms with Gasteiger partial charge in [0, 0.05) is 5.69 Å². The first-order valence-corrected chi connectivity index (χ1v) is 7.49. The van der Waals surface area contributed by atoms with Crippen LogP contribution in [-0.2, 0) is 4.79 Å². The van der Waals surface area contributed by atoms with Crippen molar-refractivity contribution in [2.24, 2.45) is 0 Å². The molecule has 0 bridgehead atoms. The molecule has 0 aliphatic heterocycles. The largest absolute Gasteiger partial charge is 0.321 e. The minimum absolute atomic E-state index is 0.0985. The standard InChI is InChI=1S/C20H20N2O/c1-13-8-9-14(2)17(10-13)11-18(12-21)20(23)22-19-15(3)6-5-7-16(19)4/h5-11H,1-4H3,(H,22,23)/b18-11+. The molecule has 0 heterocycles. The number of amides is 1. The quantitative estimate of drug-likeness (QED) is 0.672. The molecule has 0 saturated heterocycles. The molecule has 3 heteroatoms. The van der Waals surface area contributed by atoms with Gasteiger partial charge in [-0.05, 0) is 56.0 Å². The lowest BCUT2D eigenvalue weighted by Gasteiger charge is -2.11. The van der Waals surface area contributed by atoms with Gasteiger partial charge in [0.25, 0.3) is 5.91 Å². The van der Waals surface area contributed by atoms with Crippen LogP contribution in [0.2, 0.25) is 0 Å². The molecular weight excluding hydrogens is 284 g/mol. The zero-order valence-electron chi connectivity index (χ0n) is 13.9. The van der Waals surface area contributed by atoms with Crippen molar-refractivity contribution in [3.05, 3.63) is 69.8 Å². The molecule has 0 radical (unpaired) electrons. The molecule has 0 unspecified atom stereocenters. The fraction of sp³-hybridized carbons (Fsp3) is 0.200.